The van der Waals surface area contributed by atoms with Crippen molar-refractivity contribution in [2.45, 2.75) is 6.92 Å². The Morgan fingerprint density at radius 3 is 2.43 bits per heavy atom. The van der Waals surface area contributed by atoms with Crippen molar-refractivity contribution < 1.29 is 13.6 Å². The Balaban J connectivity index is 2.89. The predicted molar refractivity (Wildman–Crippen MR) is 52.1 cm³/mol. The molecule has 4 nitrogen and oxygen atoms in total. The van der Waals surface area contributed by atoms with Crippen molar-refractivity contribution in [1.29, 1.82) is 0 Å². The van der Waals surface area contributed by atoms with Gasteiger partial charge in [0.1, 0.15) is 0 Å². The largest absolute Gasteiger partial charge is 0.755 e. The molecule has 0 saturated heterocycles. The van der Waals surface area contributed by atoms with E-state index in [1.807, 2.05) is 0 Å². The number of rotatable bonds is 3. The van der Waals surface area contributed by atoms with Gasteiger partial charge in [0.2, 0.25) is 0 Å². The van der Waals surface area contributed by atoms with E-state index in [0.29, 0.717) is 5.56 Å². The van der Waals surface area contributed by atoms with Crippen LogP contribution in [-0.4, -0.2) is 25.5 Å². The van der Waals surface area contributed by atoms with Crippen LogP contribution in [0.15, 0.2) is 30.3 Å². The van der Waals surface area contributed by atoms with E-state index in [2.05, 4.69) is 0 Å². The average Bonchev–Trinajstić information content (AvgIpc) is 2.19. The highest BCUT2D eigenvalue weighted by atomic mass is 32.2. The van der Waals surface area contributed by atoms with Gasteiger partial charge in [0.15, 0.2) is 0 Å². The van der Waals surface area contributed by atoms with Gasteiger partial charge in [0.25, 0.3) is 5.91 Å². The predicted octanol–water partition coefficient (Wildman–Crippen LogP) is 0.943. The average molecular weight is 212 g/mol. The van der Waals surface area contributed by atoms with Crippen LogP contribution in [0.1, 0.15) is 17.3 Å². The van der Waals surface area contributed by atoms with Crippen LogP contribution in [0.25, 0.3) is 0 Å². The molecule has 0 aliphatic carbocycles. The van der Waals surface area contributed by atoms with Crippen molar-refractivity contribution in [2.24, 2.45) is 0 Å². The summed E-state index contributed by atoms with van der Waals surface area (Å²) in [5.74, 6) is -0.499. The molecule has 0 radical (unpaired) electrons. The van der Waals surface area contributed by atoms with E-state index in [1.54, 1.807) is 37.3 Å². The fourth-order valence-corrected chi connectivity index (χ4v) is 1.49. The third kappa shape index (κ3) is 2.40. The molecule has 1 atom stereocenters. The molecule has 0 heterocycles. The first-order valence-electron chi connectivity index (χ1n) is 4.13. The van der Waals surface area contributed by atoms with E-state index < -0.39 is 17.2 Å². The summed E-state index contributed by atoms with van der Waals surface area (Å²) in [6.07, 6.45) is 0. The standard InChI is InChI=1S/C9H11NO3S/c1-2-10(14(12)13)9(11)8-6-4-3-5-7-8/h3-7H,2H2,1H3,(H,12,13)/p-1. The van der Waals surface area contributed by atoms with Crippen LogP contribution in [0.2, 0.25) is 0 Å². The number of carbonyl (C=O) groups excluding carboxylic acids is 1. The van der Waals surface area contributed by atoms with Crippen molar-refractivity contribution >= 4 is 17.2 Å². The van der Waals surface area contributed by atoms with E-state index in [0.717, 1.165) is 4.31 Å². The normalized spacial score (nSPS) is 12.1. The molecule has 1 aromatic carbocycles. The van der Waals surface area contributed by atoms with Crippen LogP contribution in [-0.2, 0) is 11.3 Å². The quantitative estimate of drug-likeness (QED) is 0.700. The fraction of sp³-hybridized carbons (Fsp3) is 0.222. The van der Waals surface area contributed by atoms with Crippen molar-refractivity contribution in [3.63, 3.8) is 0 Å². The van der Waals surface area contributed by atoms with Gasteiger partial charge in [0, 0.05) is 23.4 Å². The smallest absolute Gasteiger partial charge is 0.264 e. The minimum Gasteiger partial charge on any atom is -0.755 e. The highest BCUT2D eigenvalue weighted by Gasteiger charge is 2.13. The van der Waals surface area contributed by atoms with E-state index in [4.69, 9.17) is 0 Å². The Labute approximate surface area is 85.0 Å². The van der Waals surface area contributed by atoms with Crippen LogP contribution in [0.3, 0.4) is 0 Å². The molecule has 1 amide bonds. The molecule has 14 heavy (non-hydrogen) atoms. The molecule has 1 unspecified atom stereocenters. The SMILES string of the molecule is CCN(C(=O)c1ccccc1)S(=O)[O-]. The van der Waals surface area contributed by atoms with Crippen LogP contribution >= 0.6 is 0 Å². The first kappa shape index (κ1) is 10.9. The highest BCUT2D eigenvalue weighted by molar-refractivity contribution is 7.77. The van der Waals surface area contributed by atoms with Crippen LogP contribution in [0.5, 0.6) is 0 Å². The molecule has 76 valence electrons. The number of hydrogen-bond acceptors (Lipinski definition) is 3. The lowest BCUT2D eigenvalue weighted by molar-refractivity contribution is 0.0864. The van der Waals surface area contributed by atoms with Gasteiger partial charge in [-0.3, -0.25) is 13.3 Å². The van der Waals surface area contributed by atoms with Crippen molar-refractivity contribution in [1.82, 2.24) is 4.31 Å². The molecule has 0 bridgehead atoms. The second-order valence-corrected chi connectivity index (χ2v) is 3.46. The van der Waals surface area contributed by atoms with Crippen LogP contribution in [0, 0.1) is 0 Å². The Kier molecular flexibility index (Phi) is 3.79. The summed E-state index contributed by atoms with van der Waals surface area (Å²) in [4.78, 5) is 11.6. The molecular weight excluding hydrogens is 202 g/mol. The van der Waals surface area contributed by atoms with Gasteiger partial charge >= 0.3 is 0 Å². The lowest BCUT2D eigenvalue weighted by Crippen LogP contribution is -2.32. The summed E-state index contributed by atoms with van der Waals surface area (Å²) in [5, 5.41) is 0. The molecule has 5 heteroatoms. The second-order valence-electron chi connectivity index (χ2n) is 2.58. The number of benzene rings is 1. The fourth-order valence-electron chi connectivity index (χ4n) is 1.04. The number of amides is 1. The summed E-state index contributed by atoms with van der Waals surface area (Å²) < 4.78 is 22.1. The van der Waals surface area contributed by atoms with E-state index in [9.17, 15) is 13.6 Å². The van der Waals surface area contributed by atoms with Crippen LogP contribution in [0.4, 0.5) is 0 Å². The minimum atomic E-state index is -2.50. The van der Waals surface area contributed by atoms with Crippen molar-refractivity contribution in [3.8, 4) is 0 Å². The maximum atomic E-state index is 11.6. The molecule has 0 fully saturated rings. The van der Waals surface area contributed by atoms with E-state index in [-0.39, 0.29) is 6.54 Å². The van der Waals surface area contributed by atoms with Gasteiger partial charge in [-0.05, 0) is 19.1 Å². The zero-order chi connectivity index (χ0) is 10.6. The minimum absolute atomic E-state index is 0.143. The Hall–Kier alpha value is -1.20. The lowest BCUT2D eigenvalue weighted by Gasteiger charge is -2.22. The Bertz CT molecular complexity index is 339. The molecule has 0 saturated carbocycles. The molecule has 0 aliphatic rings. The Morgan fingerprint density at radius 1 is 1.43 bits per heavy atom. The third-order valence-corrected chi connectivity index (χ3v) is 2.50. The summed E-state index contributed by atoms with van der Waals surface area (Å²) in [5.41, 5.74) is 0.374. The van der Waals surface area contributed by atoms with Gasteiger partial charge in [-0.2, -0.15) is 0 Å². The van der Waals surface area contributed by atoms with E-state index in [1.165, 1.54) is 0 Å². The lowest BCUT2D eigenvalue weighted by atomic mass is 10.2. The van der Waals surface area contributed by atoms with E-state index >= 15 is 0 Å². The topological polar surface area (TPSA) is 60.4 Å². The summed E-state index contributed by atoms with van der Waals surface area (Å²) in [6.45, 7) is 1.75. The summed E-state index contributed by atoms with van der Waals surface area (Å²) >= 11 is -2.50. The number of nitrogens with zero attached hydrogens (tertiary/aromatic N) is 1. The highest BCUT2D eigenvalue weighted by Crippen LogP contribution is 2.05. The first-order chi connectivity index (χ1) is 6.66. The monoisotopic (exact) mass is 212 g/mol. The molecule has 1 rings (SSSR count). The van der Waals surface area contributed by atoms with Crippen LogP contribution < -0.4 is 0 Å². The maximum absolute atomic E-state index is 11.6. The molecule has 0 aromatic heterocycles. The van der Waals surface area contributed by atoms with Crippen molar-refractivity contribution in [2.75, 3.05) is 6.54 Å². The van der Waals surface area contributed by atoms with Gasteiger partial charge < -0.3 is 4.55 Å². The molecule has 0 N–H and O–H groups in total. The summed E-state index contributed by atoms with van der Waals surface area (Å²) in [7, 11) is 0. The summed E-state index contributed by atoms with van der Waals surface area (Å²) in [6, 6.07) is 8.31. The molecule has 1 aromatic rings. The molecular formula is C9H10NO3S-. The van der Waals surface area contributed by atoms with Crippen molar-refractivity contribution in [3.05, 3.63) is 35.9 Å². The van der Waals surface area contributed by atoms with Gasteiger partial charge in [-0.15, -0.1) is 0 Å². The maximum Gasteiger partial charge on any atom is 0.264 e. The number of carbonyl (C=O) groups is 1. The zero-order valence-corrected chi connectivity index (χ0v) is 8.49. The number of hydrogen-bond donors (Lipinski definition) is 0. The third-order valence-electron chi connectivity index (χ3n) is 1.71. The second kappa shape index (κ2) is 4.88. The first-order valence-corrected chi connectivity index (χ1v) is 5.16. The van der Waals surface area contributed by atoms with Gasteiger partial charge in [-0.1, -0.05) is 18.2 Å². The zero-order valence-electron chi connectivity index (χ0n) is 7.67. The van der Waals surface area contributed by atoms with Gasteiger partial charge in [-0.25, -0.2) is 0 Å². The Morgan fingerprint density at radius 2 is 2.00 bits per heavy atom. The molecule has 0 spiro atoms. The van der Waals surface area contributed by atoms with Gasteiger partial charge in [0.05, 0.1) is 0 Å². The molecule has 0 aliphatic heterocycles.